The van der Waals surface area contributed by atoms with Crippen LogP contribution in [-0.2, 0) is 6.42 Å². The first-order chi connectivity index (χ1) is 6.22. The quantitative estimate of drug-likeness (QED) is 0.685. The molecule has 2 rings (SSSR count). The molecule has 3 heteroatoms. The van der Waals surface area contributed by atoms with E-state index in [1.54, 1.807) is 0 Å². The number of rotatable bonds is 1. The normalized spacial score (nSPS) is 10.8. The van der Waals surface area contributed by atoms with E-state index in [0.29, 0.717) is 0 Å². The largest absolute Gasteiger partial charge is 0.504 e. The molecule has 0 aliphatic rings. The van der Waals surface area contributed by atoms with Crippen molar-refractivity contribution in [1.29, 1.82) is 0 Å². The standard InChI is InChI=1S/C10H10O2S/c1-2-7-5-6-3-4-8(11)9(12)10(6)13-7/h3-5,11-12H,2H2,1H3. The number of benzene rings is 1. The fraction of sp³-hybridized carbons (Fsp3) is 0.200. The van der Waals surface area contributed by atoms with Gasteiger partial charge in [-0.2, -0.15) is 0 Å². The van der Waals surface area contributed by atoms with Crippen LogP contribution in [0.3, 0.4) is 0 Å². The highest BCUT2D eigenvalue weighted by Gasteiger charge is 2.08. The third-order valence-corrected chi connectivity index (χ3v) is 3.34. The Balaban J connectivity index is 2.76. The molecule has 2 aromatic rings. The molecule has 0 aliphatic carbocycles. The van der Waals surface area contributed by atoms with Crippen molar-refractivity contribution in [1.82, 2.24) is 0 Å². The molecule has 0 bridgehead atoms. The molecule has 0 spiro atoms. The van der Waals surface area contributed by atoms with Crippen LogP contribution in [0.2, 0.25) is 0 Å². The molecular weight excluding hydrogens is 184 g/mol. The van der Waals surface area contributed by atoms with Crippen LogP contribution in [0.15, 0.2) is 18.2 Å². The number of aromatic hydroxyl groups is 2. The van der Waals surface area contributed by atoms with Crippen LogP contribution in [0.25, 0.3) is 10.1 Å². The summed E-state index contributed by atoms with van der Waals surface area (Å²) in [4.78, 5) is 1.22. The fourth-order valence-electron chi connectivity index (χ4n) is 1.31. The molecule has 68 valence electrons. The molecule has 0 saturated heterocycles. The molecule has 1 aromatic carbocycles. The number of phenols is 2. The summed E-state index contributed by atoms with van der Waals surface area (Å²) in [5, 5.41) is 19.8. The molecule has 1 heterocycles. The minimum Gasteiger partial charge on any atom is -0.504 e. The smallest absolute Gasteiger partial charge is 0.175 e. The van der Waals surface area contributed by atoms with Crippen LogP contribution < -0.4 is 0 Å². The monoisotopic (exact) mass is 194 g/mol. The zero-order valence-corrected chi connectivity index (χ0v) is 8.06. The lowest BCUT2D eigenvalue weighted by Crippen LogP contribution is -1.67. The van der Waals surface area contributed by atoms with Gasteiger partial charge in [0, 0.05) is 4.88 Å². The van der Waals surface area contributed by atoms with Gasteiger partial charge in [0.2, 0.25) is 0 Å². The average molecular weight is 194 g/mol. The Labute approximate surface area is 80.1 Å². The number of thiophene rings is 1. The first-order valence-electron chi connectivity index (χ1n) is 4.15. The third kappa shape index (κ3) is 1.25. The van der Waals surface area contributed by atoms with Gasteiger partial charge < -0.3 is 10.2 Å². The molecule has 2 nitrogen and oxygen atoms in total. The van der Waals surface area contributed by atoms with E-state index in [2.05, 4.69) is 6.92 Å². The molecular formula is C10H10O2S. The molecule has 0 amide bonds. The molecule has 0 radical (unpaired) electrons. The number of hydrogen-bond acceptors (Lipinski definition) is 3. The van der Waals surface area contributed by atoms with E-state index in [9.17, 15) is 10.2 Å². The summed E-state index contributed by atoms with van der Waals surface area (Å²) < 4.78 is 0.775. The van der Waals surface area contributed by atoms with Crippen LogP contribution in [0.4, 0.5) is 0 Å². The first-order valence-corrected chi connectivity index (χ1v) is 4.97. The number of aryl methyl sites for hydroxylation is 1. The van der Waals surface area contributed by atoms with Gasteiger partial charge in [0.1, 0.15) is 0 Å². The molecule has 0 aliphatic heterocycles. The second kappa shape index (κ2) is 2.92. The van der Waals surface area contributed by atoms with Crippen LogP contribution in [-0.4, -0.2) is 10.2 Å². The van der Waals surface area contributed by atoms with Gasteiger partial charge in [-0.3, -0.25) is 0 Å². The van der Waals surface area contributed by atoms with Gasteiger partial charge in [0.05, 0.1) is 4.70 Å². The summed E-state index contributed by atoms with van der Waals surface area (Å²) in [6.45, 7) is 2.07. The lowest BCUT2D eigenvalue weighted by molar-refractivity contribution is 0.409. The van der Waals surface area contributed by atoms with Crippen molar-refractivity contribution in [2.75, 3.05) is 0 Å². The fourth-order valence-corrected chi connectivity index (χ4v) is 2.34. The summed E-state index contributed by atoms with van der Waals surface area (Å²) in [6, 6.07) is 5.38. The number of phenolic OH excluding ortho intramolecular Hbond substituents is 2. The summed E-state index contributed by atoms with van der Waals surface area (Å²) >= 11 is 1.53. The number of fused-ring (bicyclic) bond motifs is 1. The minimum absolute atomic E-state index is 0.00204. The Kier molecular flexibility index (Phi) is 1.88. The topological polar surface area (TPSA) is 40.5 Å². The van der Waals surface area contributed by atoms with Crippen molar-refractivity contribution in [3.63, 3.8) is 0 Å². The summed E-state index contributed by atoms with van der Waals surface area (Å²) in [5.74, 6) is -0.0424. The predicted octanol–water partition coefficient (Wildman–Crippen LogP) is 2.87. The maximum Gasteiger partial charge on any atom is 0.175 e. The van der Waals surface area contributed by atoms with Crippen molar-refractivity contribution in [3.8, 4) is 11.5 Å². The lowest BCUT2D eigenvalue weighted by Gasteiger charge is -1.96. The van der Waals surface area contributed by atoms with E-state index in [1.165, 1.54) is 22.3 Å². The van der Waals surface area contributed by atoms with Gasteiger partial charge in [-0.05, 0) is 30.0 Å². The van der Waals surface area contributed by atoms with E-state index < -0.39 is 0 Å². The molecule has 0 unspecified atom stereocenters. The summed E-state index contributed by atoms with van der Waals surface area (Å²) in [6.07, 6.45) is 0.958. The van der Waals surface area contributed by atoms with Crippen LogP contribution in [0, 0.1) is 0 Å². The Morgan fingerprint density at radius 2 is 2.08 bits per heavy atom. The van der Waals surface area contributed by atoms with Gasteiger partial charge in [-0.15, -0.1) is 11.3 Å². The van der Waals surface area contributed by atoms with Crippen molar-refractivity contribution in [2.45, 2.75) is 13.3 Å². The van der Waals surface area contributed by atoms with Gasteiger partial charge in [0.15, 0.2) is 11.5 Å². The Morgan fingerprint density at radius 3 is 2.77 bits per heavy atom. The molecule has 0 fully saturated rings. The lowest BCUT2D eigenvalue weighted by atomic mass is 10.2. The van der Waals surface area contributed by atoms with Crippen molar-refractivity contribution in [2.24, 2.45) is 0 Å². The summed E-state index contributed by atoms with van der Waals surface area (Å²) in [7, 11) is 0. The zero-order chi connectivity index (χ0) is 9.42. The van der Waals surface area contributed by atoms with Crippen LogP contribution >= 0.6 is 11.3 Å². The maximum absolute atomic E-state index is 9.53. The second-order valence-corrected chi connectivity index (χ2v) is 4.05. The predicted molar refractivity (Wildman–Crippen MR) is 54.5 cm³/mol. The van der Waals surface area contributed by atoms with E-state index in [1.807, 2.05) is 12.1 Å². The molecule has 1 aromatic heterocycles. The highest BCUT2D eigenvalue weighted by Crippen LogP contribution is 2.38. The van der Waals surface area contributed by atoms with Crippen molar-refractivity contribution < 1.29 is 10.2 Å². The SMILES string of the molecule is CCc1cc2ccc(O)c(O)c2s1. The Hall–Kier alpha value is -1.22. The summed E-state index contributed by atoms with van der Waals surface area (Å²) in [5.41, 5.74) is 0. The van der Waals surface area contributed by atoms with E-state index >= 15 is 0 Å². The molecule has 13 heavy (non-hydrogen) atoms. The molecule has 0 atom stereocenters. The Bertz CT molecular complexity index is 445. The third-order valence-electron chi connectivity index (χ3n) is 2.04. The van der Waals surface area contributed by atoms with Gasteiger partial charge in [0.25, 0.3) is 0 Å². The molecule has 2 N–H and O–H groups in total. The maximum atomic E-state index is 9.53. The van der Waals surface area contributed by atoms with Crippen LogP contribution in [0.1, 0.15) is 11.8 Å². The van der Waals surface area contributed by atoms with Gasteiger partial charge >= 0.3 is 0 Å². The van der Waals surface area contributed by atoms with E-state index in [-0.39, 0.29) is 11.5 Å². The van der Waals surface area contributed by atoms with Gasteiger partial charge in [-0.1, -0.05) is 6.92 Å². The van der Waals surface area contributed by atoms with Gasteiger partial charge in [-0.25, -0.2) is 0 Å². The van der Waals surface area contributed by atoms with E-state index in [0.717, 1.165) is 16.5 Å². The second-order valence-electron chi connectivity index (χ2n) is 2.92. The van der Waals surface area contributed by atoms with Crippen molar-refractivity contribution in [3.05, 3.63) is 23.1 Å². The van der Waals surface area contributed by atoms with E-state index in [4.69, 9.17) is 0 Å². The zero-order valence-electron chi connectivity index (χ0n) is 7.24. The average Bonchev–Trinajstić information content (AvgIpc) is 2.55. The van der Waals surface area contributed by atoms with Crippen LogP contribution in [0.5, 0.6) is 11.5 Å². The molecule has 0 saturated carbocycles. The number of hydrogen-bond donors (Lipinski definition) is 2. The Morgan fingerprint density at radius 1 is 1.31 bits per heavy atom. The first kappa shape index (κ1) is 8.38. The highest BCUT2D eigenvalue weighted by atomic mass is 32.1. The minimum atomic E-state index is -0.0444. The van der Waals surface area contributed by atoms with Crippen molar-refractivity contribution >= 4 is 21.4 Å². The highest BCUT2D eigenvalue weighted by molar-refractivity contribution is 7.19.